The van der Waals surface area contributed by atoms with E-state index < -0.39 is 26.3 Å². The van der Waals surface area contributed by atoms with Crippen molar-refractivity contribution < 1.29 is 27.6 Å². The number of hydrogen-bond acceptors (Lipinski definition) is 3. The molecule has 100 valence electrons. The van der Waals surface area contributed by atoms with Crippen LogP contribution in [0.5, 0.6) is 0 Å². The van der Waals surface area contributed by atoms with Gasteiger partial charge in [-0.1, -0.05) is 24.3 Å². The van der Waals surface area contributed by atoms with Crippen molar-refractivity contribution in [3.63, 3.8) is 0 Å². The Morgan fingerprint density at radius 2 is 1.21 bits per heavy atom. The molecule has 0 unspecified atom stereocenters. The van der Waals surface area contributed by atoms with E-state index in [2.05, 4.69) is 0 Å². The molecule has 3 nitrogen and oxygen atoms in total. The first-order chi connectivity index (χ1) is 8.79. The summed E-state index contributed by atoms with van der Waals surface area (Å²) in [6.45, 7) is 0. The van der Waals surface area contributed by atoms with Crippen LogP contribution in [0.2, 0.25) is 0 Å². The molecule has 0 heterocycles. The van der Waals surface area contributed by atoms with Gasteiger partial charge in [-0.25, -0.2) is 13.2 Å². The normalized spacial score (nSPS) is 11.7. The Kier molecular flexibility index (Phi) is 3.46. The van der Waals surface area contributed by atoms with Crippen LogP contribution in [0.3, 0.4) is 0 Å². The number of rotatable bonds is 2. The zero-order valence-electron chi connectivity index (χ0n) is 9.44. The number of benzene rings is 2. The largest absolute Gasteiger partial charge is 0.528 e. The standard InChI is InChI=1S/C12H9F3O3Si/c13-10-5-8(6-11(14)12(10)15)7-1-3-9(4-2-7)19(16,17)18/h1-6,16-18H. The van der Waals surface area contributed by atoms with Crippen molar-refractivity contribution in [3.05, 3.63) is 53.8 Å². The van der Waals surface area contributed by atoms with Crippen LogP contribution in [0.25, 0.3) is 11.1 Å². The van der Waals surface area contributed by atoms with E-state index in [-0.39, 0.29) is 10.8 Å². The zero-order valence-corrected chi connectivity index (χ0v) is 10.4. The molecular formula is C12H9F3O3Si. The van der Waals surface area contributed by atoms with Gasteiger partial charge in [0.2, 0.25) is 0 Å². The zero-order chi connectivity index (χ0) is 14.2. The maximum atomic E-state index is 13.1. The Hall–Kier alpha value is -1.67. The van der Waals surface area contributed by atoms with Gasteiger partial charge < -0.3 is 14.4 Å². The second-order valence-electron chi connectivity index (χ2n) is 3.97. The summed E-state index contributed by atoms with van der Waals surface area (Å²) < 4.78 is 38.9. The summed E-state index contributed by atoms with van der Waals surface area (Å²) in [6, 6.07) is 6.78. The molecule has 0 radical (unpaired) electrons. The maximum absolute atomic E-state index is 13.1. The van der Waals surface area contributed by atoms with Gasteiger partial charge in [0.15, 0.2) is 17.5 Å². The highest BCUT2D eigenvalue weighted by Crippen LogP contribution is 2.23. The van der Waals surface area contributed by atoms with Crippen molar-refractivity contribution >= 4 is 14.0 Å². The molecule has 2 aromatic rings. The summed E-state index contributed by atoms with van der Waals surface area (Å²) in [5.74, 6) is -4.17. The maximum Gasteiger partial charge on any atom is 0.528 e. The molecule has 0 aliphatic rings. The van der Waals surface area contributed by atoms with E-state index in [1.54, 1.807) is 0 Å². The van der Waals surface area contributed by atoms with Crippen LogP contribution in [0.1, 0.15) is 0 Å². The van der Waals surface area contributed by atoms with E-state index in [1.165, 1.54) is 24.3 Å². The van der Waals surface area contributed by atoms with Crippen LogP contribution in [0, 0.1) is 17.5 Å². The summed E-state index contributed by atoms with van der Waals surface area (Å²) >= 11 is 0. The third-order valence-electron chi connectivity index (χ3n) is 2.59. The van der Waals surface area contributed by atoms with E-state index in [1.807, 2.05) is 0 Å². The summed E-state index contributed by atoms with van der Waals surface area (Å²) in [5.41, 5.74) is 0.448. The SMILES string of the molecule is O[Si](O)(O)c1ccc(-c2cc(F)c(F)c(F)c2)cc1. The fraction of sp³-hybridized carbons (Fsp3) is 0. The molecule has 0 aliphatic carbocycles. The van der Waals surface area contributed by atoms with Crippen LogP contribution in [0.15, 0.2) is 36.4 Å². The van der Waals surface area contributed by atoms with Gasteiger partial charge in [0.1, 0.15) is 0 Å². The summed E-state index contributed by atoms with van der Waals surface area (Å²) in [4.78, 5) is 27.2. The molecule has 0 aliphatic heterocycles. The molecule has 0 bridgehead atoms. The Balaban J connectivity index is 2.43. The summed E-state index contributed by atoms with van der Waals surface area (Å²) in [6.07, 6.45) is 0. The molecule has 0 aromatic heterocycles. The van der Waals surface area contributed by atoms with Crippen molar-refractivity contribution in [2.24, 2.45) is 0 Å². The Morgan fingerprint density at radius 1 is 0.737 bits per heavy atom. The van der Waals surface area contributed by atoms with Crippen molar-refractivity contribution in [2.45, 2.75) is 0 Å². The van der Waals surface area contributed by atoms with Crippen LogP contribution in [-0.2, 0) is 0 Å². The lowest BCUT2D eigenvalue weighted by Gasteiger charge is -2.10. The van der Waals surface area contributed by atoms with E-state index in [0.29, 0.717) is 5.56 Å². The lowest BCUT2D eigenvalue weighted by molar-refractivity contribution is 0.250. The smallest absolute Gasteiger partial charge is 0.386 e. The molecule has 0 atom stereocenters. The first-order valence-electron chi connectivity index (χ1n) is 5.21. The van der Waals surface area contributed by atoms with Gasteiger partial charge in [-0.3, -0.25) is 0 Å². The minimum absolute atomic E-state index is 0.0701. The molecule has 7 heteroatoms. The highest BCUT2D eigenvalue weighted by Gasteiger charge is 2.29. The third-order valence-corrected chi connectivity index (χ3v) is 3.70. The van der Waals surface area contributed by atoms with Crippen LogP contribution in [0.4, 0.5) is 13.2 Å². The monoisotopic (exact) mass is 286 g/mol. The Bertz CT molecular complexity index is 586. The highest BCUT2D eigenvalue weighted by molar-refractivity contribution is 6.71. The lowest BCUT2D eigenvalue weighted by Crippen LogP contribution is -2.48. The molecule has 2 rings (SSSR count). The molecule has 0 saturated heterocycles. The Morgan fingerprint density at radius 3 is 1.63 bits per heavy atom. The highest BCUT2D eigenvalue weighted by atomic mass is 28.4. The van der Waals surface area contributed by atoms with Gasteiger partial charge in [0.05, 0.1) is 0 Å². The molecule has 0 saturated carbocycles. The molecular weight excluding hydrogens is 277 g/mol. The van der Waals surface area contributed by atoms with Crippen molar-refractivity contribution in [1.29, 1.82) is 0 Å². The van der Waals surface area contributed by atoms with Crippen LogP contribution >= 0.6 is 0 Å². The van der Waals surface area contributed by atoms with Crippen molar-refractivity contribution in [3.8, 4) is 11.1 Å². The Labute approximate surface area is 107 Å². The van der Waals surface area contributed by atoms with Crippen molar-refractivity contribution in [1.82, 2.24) is 0 Å². The van der Waals surface area contributed by atoms with Gasteiger partial charge in [-0.05, 0) is 23.3 Å². The molecule has 0 spiro atoms. The lowest BCUT2D eigenvalue weighted by atomic mass is 10.1. The number of hydrogen-bond donors (Lipinski definition) is 3. The first kappa shape index (κ1) is 13.8. The molecule has 3 N–H and O–H groups in total. The average molecular weight is 286 g/mol. The van der Waals surface area contributed by atoms with E-state index in [9.17, 15) is 13.2 Å². The summed E-state index contributed by atoms with van der Waals surface area (Å²) in [5, 5.41) is -0.0701. The predicted octanol–water partition coefficient (Wildman–Crippen LogP) is 0.894. The molecule has 0 fully saturated rings. The molecule has 0 amide bonds. The second-order valence-corrected chi connectivity index (χ2v) is 5.81. The van der Waals surface area contributed by atoms with Crippen LogP contribution < -0.4 is 5.19 Å². The average Bonchev–Trinajstić information content (AvgIpc) is 2.34. The fourth-order valence-corrected chi connectivity index (χ4v) is 2.22. The van der Waals surface area contributed by atoms with E-state index in [4.69, 9.17) is 14.4 Å². The third kappa shape index (κ3) is 2.84. The minimum atomic E-state index is -4.40. The van der Waals surface area contributed by atoms with Gasteiger partial charge >= 0.3 is 8.80 Å². The van der Waals surface area contributed by atoms with Gasteiger partial charge in [-0.2, -0.15) is 0 Å². The quantitative estimate of drug-likeness (QED) is 0.568. The summed E-state index contributed by atoms with van der Waals surface area (Å²) in [7, 11) is -4.40. The fourth-order valence-electron chi connectivity index (χ4n) is 1.61. The predicted molar refractivity (Wildman–Crippen MR) is 63.8 cm³/mol. The van der Waals surface area contributed by atoms with Gasteiger partial charge in [0.25, 0.3) is 0 Å². The van der Waals surface area contributed by atoms with Gasteiger partial charge in [0, 0.05) is 5.19 Å². The van der Waals surface area contributed by atoms with E-state index in [0.717, 1.165) is 12.1 Å². The minimum Gasteiger partial charge on any atom is -0.386 e. The van der Waals surface area contributed by atoms with Crippen molar-refractivity contribution in [2.75, 3.05) is 0 Å². The van der Waals surface area contributed by atoms with Crippen LogP contribution in [-0.4, -0.2) is 23.2 Å². The topological polar surface area (TPSA) is 60.7 Å². The molecule has 2 aromatic carbocycles. The molecule has 19 heavy (non-hydrogen) atoms. The number of halogens is 3. The second kappa shape index (κ2) is 4.78. The van der Waals surface area contributed by atoms with Gasteiger partial charge in [-0.15, -0.1) is 0 Å². The first-order valence-corrected chi connectivity index (χ1v) is 7.06. The van der Waals surface area contributed by atoms with E-state index >= 15 is 0 Å².